The normalized spacial score (nSPS) is 16.5. The monoisotopic (exact) mass is 300 g/mol. The van der Waals surface area contributed by atoms with Gasteiger partial charge >= 0.3 is 0 Å². The van der Waals surface area contributed by atoms with Gasteiger partial charge in [-0.2, -0.15) is 4.79 Å². The Labute approximate surface area is 131 Å². The summed E-state index contributed by atoms with van der Waals surface area (Å²) in [5, 5.41) is 14.4. The van der Waals surface area contributed by atoms with Gasteiger partial charge in [0.1, 0.15) is 0 Å². The van der Waals surface area contributed by atoms with Crippen LogP contribution < -0.4 is 21.4 Å². The Balaban J connectivity index is 2.14. The third-order valence-electron chi connectivity index (χ3n) is 4.43. The second kappa shape index (κ2) is 5.88. The number of benzene rings is 1. The van der Waals surface area contributed by atoms with E-state index in [-0.39, 0.29) is 0 Å². The molecule has 2 aromatic rings. The average Bonchev–Trinajstić information content (AvgIpc) is 3.13. The Hall–Kier alpha value is -2.21. The maximum absolute atomic E-state index is 4.54. The lowest BCUT2D eigenvalue weighted by Gasteiger charge is -2.13. The minimum absolute atomic E-state index is 0.449. The summed E-state index contributed by atoms with van der Waals surface area (Å²) in [6.07, 6.45) is 2.32. The van der Waals surface area contributed by atoms with E-state index in [0.29, 0.717) is 6.04 Å². The van der Waals surface area contributed by atoms with Crippen LogP contribution in [0.1, 0.15) is 23.6 Å². The number of fused-ring (bicyclic) bond motifs is 1. The zero-order valence-corrected chi connectivity index (χ0v) is 13.6. The van der Waals surface area contributed by atoms with E-state index in [0.717, 1.165) is 23.6 Å². The van der Waals surface area contributed by atoms with E-state index >= 15 is 0 Å². The molecular formula is C16H24N6. The van der Waals surface area contributed by atoms with Crippen molar-refractivity contribution >= 4 is 11.6 Å². The number of aryl methyl sites for hydroxylation is 1. The van der Waals surface area contributed by atoms with E-state index in [4.69, 9.17) is 0 Å². The second-order valence-corrected chi connectivity index (χ2v) is 5.50. The van der Waals surface area contributed by atoms with Crippen LogP contribution in [-0.4, -0.2) is 38.1 Å². The Kier molecular flexibility index (Phi) is 3.94. The lowest BCUT2D eigenvalue weighted by molar-refractivity contribution is 0.590. The summed E-state index contributed by atoms with van der Waals surface area (Å²) >= 11 is 0. The predicted octanol–water partition coefficient (Wildman–Crippen LogP) is 2.01. The van der Waals surface area contributed by atoms with Gasteiger partial charge in [-0.05, 0) is 42.6 Å². The molecule has 1 aromatic carbocycles. The van der Waals surface area contributed by atoms with Crippen LogP contribution in [0.3, 0.4) is 0 Å². The fourth-order valence-electron chi connectivity index (χ4n) is 3.32. The lowest BCUT2D eigenvalue weighted by atomic mass is 10.00. The maximum atomic E-state index is 4.54. The summed E-state index contributed by atoms with van der Waals surface area (Å²) < 4.78 is 0. The predicted molar refractivity (Wildman–Crippen MR) is 92.2 cm³/mol. The number of hydrogen-bond acceptors (Lipinski definition) is 5. The van der Waals surface area contributed by atoms with Crippen molar-refractivity contribution < 1.29 is 0 Å². The highest BCUT2D eigenvalue weighted by Crippen LogP contribution is 2.39. The molecule has 1 heterocycles. The standard InChI is InChI=1S/C16H24N6/c1-17-13-8-7-10-5-6-11(9-12(10)13)14-15(18-2)21-22(20-4)16(14)19-3/h5-6,9,13,17,19-20H,7-8H2,1-4H3,(H,18,21)/t13-/m0/s1. The molecule has 4 N–H and O–H groups in total. The van der Waals surface area contributed by atoms with Gasteiger partial charge in [0.2, 0.25) is 0 Å². The second-order valence-electron chi connectivity index (χ2n) is 5.50. The van der Waals surface area contributed by atoms with Crippen LogP contribution in [0.4, 0.5) is 11.6 Å². The first-order valence-corrected chi connectivity index (χ1v) is 7.70. The number of nitrogens with one attached hydrogen (secondary N) is 4. The van der Waals surface area contributed by atoms with Gasteiger partial charge in [0.25, 0.3) is 0 Å². The fourth-order valence-corrected chi connectivity index (χ4v) is 3.32. The molecule has 0 spiro atoms. The van der Waals surface area contributed by atoms with Crippen LogP contribution in [0.15, 0.2) is 18.2 Å². The van der Waals surface area contributed by atoms with E-state index in [1.165, 1.54) is 23.1 Å². The number of aromatic nitrogens is 2. The van der Waals surface area contributed by atoms with Crippen molar-refractivity contribution in [3.63, 3.8) is 0 Å². The van der Waals surface area contributed by atoms with Crippen LogP contribution in [-0.2, 0) is 6.42 Å². The van der Waals surface area contributed by atoms with E-state index in [1.807, 2.05) is 28.2 Å². The quantitative estimate of drug-likeness (QED) is 0.680. The summed E-state index contributed by atoms with van der Waals surface area (Å²) in [6, 6.07) is 7.18. The van der Waals surface area contributed by atoms with Gasteiger partial charge in [-0.3, -0.25) is 0 Å². The van der Waals surface area contributed by atoms with Gasteiger partial charge in [0.05, 0.1) is 5.56 Å². The van der Waals surface area contributed by atoms with Crippen LogP contribution in [0.5, 0.6) is 0 Å². The van der Waals surface area contributed by atoms with Crippen molar-refractivity contribution in [1.82, 2.24) is 15.2 Å². The molecular weight excluding hydrogens is 276 g/mol. The van der Waals surface area contributed by atoms with Gasteiger partial charge < -0.3 is 21.4 Å². The molecule has 0 amide bonds. The van der Waals surface area contributed by atoms with E-state index in [2.05, 4.69) is 44.7 Å². The third-order valence-corrected chi connectivity index (χ3v) is 4.43. The van der Waals surface area contributed by atoms with Crippen molar-refractivity contribution in [2.75, 3.05) is 44.3 Å². The number of nitrogens with zero attached hydrogens (tertiary/aromatic N) is 2. The number of hydrogen-bond donors (Lipinski definition) is 4. The van der Waals surface area contributed by atoms with Crippen molar-refractivity contribution in [3.8, 4) is 11.1 Å². The summed E-state index contributed by atoms with van der Waals surface area (Å²) in [6.45, 7) is 0. The van der Waals surface area contributed by atoms with Crippen LogP contribution in [0.2, 0.25) is 0 Å². The minimum Gasteiger partial charge on any atom is -0.371 e. The van der Waals surface area contributed by atoms with Gasteiger partial charge in [0, 0.05) is 27.2 Å². The van der Waals surface area contributed by atoms with Gasteiger partial charge in [-0.1, -0.05) is 12.1 Å². The first-order chi connectivity index (χ1) is 10.7. The third kappa shape index (κ3) is 2.20. The summed E-state index contributed by atoms with van der Waals surface area (Å²) in [7, 11) is 7.70. The Bertz CT molecular complexity index is 676. The molecule has 1 aliphatic rings. The molecule has 0 radical (unpaired) electrons. The van der Waals surface area contributed by atoms with Crippen LogP contribution >= 0.6 is 0 Å². The highest BCUT2D eigenvalue weighted by atomic mass is 15.6. The lowest BCUT2D eigenvalue weighted by Crippen LogP contribution is -2.14. The van der Waals surface area contributed by atoms with Crippen molar-refractivity contribution in [1.29, 1.82) is 0 Å². The molecule has 22 heavy (non-hydrogen) atoms. The first kappa shape index (κ1) is 14.7. The van der Waals surface area contributed by atoms with Crippen molar-refractivity contribution in [3.05, 3.63) is 29.3 Å². The van der Waals surface area contributed by atoms with Crippen LogP contribution in [0.25, 0.3) is 11.1 Å². The molecule has 6 nitrogen and oxygen atoms in total. The number of rotatable bonds is 5. The fraction of sp³-hybridized carbons (Fsp3) is 0.438. The topological polar surface area (TPSA) is 65.9 Å². The zero-order valence-electron chi connectivity index (χ0n) is 13.6. The smallest absolute Gasteiger partial charge is 0.160 e. The first-order valence-electron chi connectivity index (χ1n) is 7.70. The maximum Gasteiger partial charge on any atom is 0.160 e. The summed E-state index contributed by atoms with van der Waals surface area (Å²) in [5.41, 5.74) is 8.19. The molecule has 0 saturated carbocycles. The van der Waals surface area contributed by atoms with Gasteiger partial charge in [0.15, 0.2) is 11.6 Å². The molecule has 1 aliphatic carbocycles. The van der Waals surface area contributed by atoms with Gasteiger partial charge in [-0.25, -0.2) is 0 Å². The van der Waals surface area contributed by atoms with Crippen LogP contribution in [0, 0.1) is 0 Å². The molecule has 0 fully saturated rings. The largest absolute Gasteiger partial charge is 0.371 e. The van der Waals surface area contributed by atoms with E-state index in [9.17, 15) is 0 Å². The van der Waals surface area contributed by atoms with Crippen molar-refractivity contribution in [2.24, 2.45) is 0 Å². The highest BCUT2D eigenvalue weighted by molar-refractivity contribution is 5.86. The Morgan fingerprint density at radius 1 is 1.14 bits per heavy atom. The summed E-state index contributed by atoms with van der Waals surface area (Å²) in [4.78, 5) is 1.75. The molecule has 118 valence electrons. The molecule has 3 rings (SSSR count). The molecule has 6 heteroatoms. The zero-order chi connectivity index (χ0) is 15.7. The molecule has 0 bridgehead atoms. The van der Waals surface area contributed by atoms with Crippen molar-refractivity contribution in [2.45, 2.75) is 18.9 Å². The SMILES string of the molecule is CNc1nn(NC)c(NC)c1-c1ccc2c(c1)[C@@H](NC)CC2. The number of anilines is 2. The van der Waals surface area contributed by atoms with Gasteiger partial charge in [-0.15, -0.1) is 5.10 Å². The Morgan fingerprint density at radius 2 is 1.95 bits per heavy atom. The Morgan fingerprint density at radius 3 is 2.59 bits per heavy atom. The molecule has 1 atom stereocenters. The minimum atomic E-state index is 0.449. The molecule has 0 unspecified atom stereocenters. The molecule has 0 aliphatic heterocycles. The van der Waals surface area contributed by atoms with E-state index in [1.54, 1.807) is 4.79 Å². The highest BCUT2D eigenvalue weighted by Gasteiger charge is 2.24. The molecule has 0 saturated heterocycles. The summed E-state index contributed by atoms with van der Waals surface area (Å²) in [5.74, 6) is 1.81. The molecule has 1 aromatic heterocycles. The average molecular weight is 300 g/mol. The van der Waals surface area contributed by atoms with E-state index < -0.39 is 0 Å².